The van der Waals surface area contributed by atoms with E-state index in [2.05, 4.69) is 0 Å². The Morgan fingerprint density at radius 1 is 1.26 bits per heavy atom. The van der Waals surface area contributed by atoms with E-state index in [1.165, 1.54) is 0 Å². The fourth-order valence-electron chi connectivity index (χ4n) is 2.28. The highest BCUT2D eigenvalue weighted by Crippen LogP contribution is 2.15. The third kappa shape index (κ3) is 6.42. The minimum atomic E-state index is -3.43. The predicted molar refractivity (Wildman–Crippen MR) is 86.3 cm³/mol. The molecule has 2 rings (SSSR count). The molecule has 0 bridgehead atoms. The Hall–Kier alpha value is -1.86. The van der Waals surface area contributed by atoms with Crippen molar-refractivity contribution in [1.82, 2.24) is 4.90 Å². The first-order chi connectivity index (χ1) is 10.9. The average molecular weight is 339 g/mol. The molecule has 0 aromatic heterocycles. The molecule has 1 aliphatic heterocycles. The van der Waals surface area contributed by atoms with Crippen molar-refractivity contribution in [3.8, 4) is 0 Å². The van der Waals surface area contributed by atoms with E-state index in [4.69, 9.17) is 8.92 Å². The average Bonchev–Trinajstić information content (AvgIpc) is 2.53. The van der Waals surface area contributed by atoms with E-state index in [-0.39, 0.29) is 19.3 Å². The van der Waals surface area contributed by atoms with Crippen LogP contribution in [0.25, 0.3) is 0 Å². The van der Waals surface area contributed by atoms with Crippen LogP contribution in [0.4, 0.5) is 4.79 Å². The highest BCUT2D eigenvalue weighted by Gasteiger charge is 2.19. The minimum absolute atomic E-state index is 0.0948. The first kappa shape index (κ1) is 17.5. The Balaban J connectivity index is 1.78. The van der Waals surface area contributed by atoms with Gasteiger partial charge in [-0.3, -0.25) is 4.18 Å². The molecular formula is C16H21NO5S. The molecule has 0 unspecified atom stereocenters. The lowest BCUT2D eigenvalue weighted by molar-refractivity contribution is 0.0978. The van der Waals surface area contributed by atoms with Crippen molar-refractivity contribution >= 4 is 16.2 Å². The first-order valence-corrected chi connectivity index (χ1v) is 9.23. The van der Waals surface area contributed by atoms with Gasteiger partial charge in [0.15, 0.2) is 0 Å². The van der Waals surface area contributed by atoms with Crippen molar-refractivity contribution in [3.63, 3.8) is 0 Å². The molecule has 0 spiro atoms. The summed E-state index contributed by atoms with van der Waals surface area (Å²) in [4.78, 5) is 13.7. The molecule has 0 fully saturated rings. The van der Waals surface area contributed by atoms with Gasteiger partial charge in [0, 0.05) is 13.1 Å². The van der Waals surface area contributed by atoms with Crippen LogP contribution in [0.1, 0.15) is 18.4 Å². The topological polar surface area (TPSA) is 72.9 Å². The number of ether oxygens (including phenoxy) is 1. The predicted octanol–water partition coefficient (Wildman–Crippen LogP) is 2.32. The summed E-state index contributed by atoms with van der Waals surface area (Å²) < 4.78 is 31.9. The quantitative estimate of drug-likeness (QED) is 0.587. The van der Waals surface area contributed by atoms with Crippen molar-refractivity contribution in [3.05, 3.63) is 47.5 Å². The van der Waals surface area contributed by atoms with Gasteiger partial charge < -0.3 is 9.64 Å². The van der Waals surface area contributed by atoms with Gasteiger partial charge in [0.2, 0.25) is 0 Å². The third-order valence-electron chi connectivity index (χ3n) is 3.41. The van der Waals surface area contributed by atoms with Crippen LogP contribution >= 0.6 is 0 Å². The Morgan fingerprint density at radius 2 is 2.00 bits per heavy atom. The SMILES string of the molecule is CS(=O)(=O)OCCC1=CCCN(C(=O)OCc2ccccc2)C1. The molecule has 1 aromatic carbocycles. The van der Waals surface area contributed by atoms with Crippen LogP contribution in [-0.2, 0) is 25.6 Å². The van der Waals surface area contributed by atoms with E-state index >= 15 is 0 Å². The molecular weight excluding hydrogens is 318 g/mol. The molecule has 1 heterocycles. The smallest absolute Gasteiger partial charge is 0.410 e. The molecule has 0 radical (unpaired) electrons. The molecule has 0 N–H and O–H groups in total. The molecule has 0 saturated heterocycles. The minimum Gasteiger partial charge on any atom is -0.445 e. The van der Waals surface area contributed by atoms with Crippen molar-refractivity contribution in [2.24, 2.45) is 0 Å². The number of carbonyl (C=O) groups is 1. The summed E-state index contributed by atoms with van der Waals surface area (Å²) in [6.45, 7) is 1.38. The maximum absolute atomic E-state index is 12.1. The van der Waals surface area contributed by atoms with Crippen molar-refractivity contribution < 1.29 is 22.1 Å². The van der Waals surface area contributed by atoms with Crippen LogP contribution in [0.5, 0.6) is 0 Å². The number of hydrogen-bond donors (Lipinski definition) is 0. The molecule has 1 amide bonds. The zero-order valence-corrected chi connectivity index (χ0v) is 13.9. The van der Waals surface area contributed by atoms with Gasteiger partial charge in [0.05, 0.1) is 12.9 Å². The first-order valence-electron chi connectivity index (χ1n) is 7.42. The van der Waals surface area contributed by atoms with Gasteiger partial charge in [0.1, 0.15) is 6.61 Å². The van der Waals surface area contributed by atoms with Gasteiger partial charge >= 0.3 is 6.09 Å². The Kier molecular flexibility index (Phi) is 6.18. The van der Waals surface area contributed by atoms with Crippen LogP contribution in [0.2, 0.25) is 0 Å². The van der Waals surface area contributed by atoms with Crippen LogP contribution in [0.15, 0.2) is 42.0 Å². The second-order valence-electron chi connectivity index (χ2n) is 5.39. The molecule has 1 aromatic rings. The van der Waals surface area contributed by atoms with Crippen molar-refractivity contribution in [2.45, 2.75) is 19.4 Å². The van der Waals surface area contributed by atoms with E-state index < -0.39 is 10.1 Å². The van der Waals surface area contributed by atoms with Gasteiger partial charge in [-0.2, -0.15) is 8.42 Å². The van der Waals surface area contributed by atoms with Crippen LogP contribution in [-0.4, -0.2) is 45.4 Å². The molecule has 0 atom stereocenters. The normalized spacial score (nSPS) is 15.2. The van der Waals surface area contributed by atoms with E-state index in [1.54, 1.807) is 4.90 Å². The summed E-state index contributed by atoms with van der Waals surface area (Å²) in [6.07, 6.45) is 3.90. The standard InChI is InChI=1S/C16H21NO5S/c1-23(19,20)22-11-9-14-8-5-10-17(12-14)16(18)21-13-15-6-3-2-4-7-15/h2-4,6-8H,5,9-13H2,1H3. The summed E-state index contributed by atoms with van der Waals surface area (Å²) >= 11 is 0. The lowest BCUT2D eigenvalue weighted by Crippen LogP contribution is -2.36. The van der Waals surface area contributed by atoms with Crippen LogP contribution in [0, 0.1) is 0 Å². The zero-order valence-electron chi connectivity index (χ0n) is 13.1. The largest absolute Gasteiger partial charge is 0.445 e. The van der Waals surface area contributed by atoms with Gasteiger partial charge in [-0.1, -0.05) is 42.0 Å². The molecule has 0 aliphatic carbocycles. The highest BCUT2D eigenvalue weighted by molar-refractivity contribution is 7.85. The van der Waals surface area contributed by atoms with E-state index in [0.717, 1.165) is 23.8 Å². The zero-order chi connectivity index (χ0) is 16.7. The van der Waals surface area contributed by atoms with Gasteiger partial charge in [0.25, 0.3) is 10.1 Å². The lowest BCUT2D eigenvalue weighted by atomic mass is 10.1. The molecule has 7 heteroatoms. The van der Waals surface area contributed by atoms with Crippen molar-refractivity contribution in [1.29, 1.82) is 0 Å². The second kappa shape index (κ2) is 8.12. The summed E-state index contributed by atoms with van der Waals surface area (Å²) in [7, 11) is -3.43. The Labute approximate surface area is 136 Å². The number of benzene rings is 1. The fraction of sp³-hybridized carbons (Fsp3) is 0.438. The van der Waals surface area contributed by atoms with Crippen LogP contribution < -0.4 is 0 Å². The summed E-state index contributed by atoms with van der Waals surface area (Å²) in [6, 6.07) is 9.50. The van der Waals surface area contributed by atoms with E-state index in [1.807, 2.05) is 36.4 Å². The number of rotatable bonds is 6. The van der Waals surface area contributed by atoms with E-state index in [0.29, 0.717) is 19.5 Å². The molecule has 0 saturated carbocycles. The van der Waals surface area contributed by atoms with Gasteiger partial charge in [-0.05, 0) is 18.4 Å². The molecule has 126 valence electrons. The number of carbonyl (C=O) groups excluding carboxylic acids is 1. The molecule has 1 aliphatic rings. The summed E-state index contributed by atoms with van der Waals surface area (Å²) in [5.74, 6) is 0. The molecule has 23 heavy (non-hydrogen) atoms. The maximum atomic E-state index is 12.1. The third-order valence-corrected chi connectivity index (χ3v) is 4.00. The molecule has 6 nitrogen and oxygen atoms in total. The summed E-state index contributed by atoms with van der Waals surface area (Å²) in [5, 5.41) is 0. The van der Waals surface area contributed by atoms with Crippen LogP contribution in [0.3, 0.4) is 0 Å². The second-order valence-corrected chi connectivity index (χ2v) is 7.03. The Bertz CT molecular complexity index is 654. The highest BCUT2D eigenvalue weighted by atomic mass is 32.2. The van der Waals surface area contributed by atoms with Gasteiger partial charge in [-0.25, -0.2) is 4.79 Å². The monoisotopic (exact) mass is 339 g/mol. The number of amides is 1. The van der Waals surface area contributed by atoms with Gasteiger partial charge in [-0.15, -0.1) is 0 Å². The van der Waals surface area contributed by atoms with Crippen molar-refractivity contribution in [2.75, 3.05) is 26.0 Å². The fourth-order valence-corrected chi connectivity index (χ4v) is 2.67. The summed E-state index contributed by atoms with van der Waals surface area (Å²) in [5.41, 5.74) is 1.92. The number of nitrogens with zero attached hydrogens (tertiary/aromatic N) is 1. The maximum Gasteiger partial charge on any atom is 0.410 e. The lowest BCUT2D eigenvalue weighted by Gasteiger charge is -2.26. The number of hydrogen-bond acceptors (Lipinski definition) is 5. The van der Waals surface area contributed by atoms with E-state index in [9.17, 15) is 13.2 Å². The Morgan fingerprint density at radius 3 is 2.70 bits per heavy atom.